The summed E-state index contributed by atoms with van der Waals surface area (Å²) in [4.78, 5) is 22.6. The average Bonchev–Trinajstić information content (AvgIpc) is 2.72. The molecule has 0 bridgehead atoms. The van der Waals surface area contributed by atoms with Crippen molar-refractivity contribution in [3.63, 3.8) is 0 Å². The average molecular weight is 427 g/mol. The topological polar surface area (TPSA) is 89.5 Å². The smallest absolute Gasteiger partial charge is 0.308 e. The standard InChI is InChI=1S/C22H34O8/c1-17(2)21(23)29-15-11-25-9-13-27-19-5-7-20(8-6-19)28-14-10-26-12-16-30-22(24)18(3)4/h5-8,17-18H,9-16H2,1-4H3. The Bertz CT molecular complexity index is 545. The van der Waals surface area contributed by atoms with Gasteiger partial charge in [0.1, 0.15) is 37.9 Å². The Morgan fingerprint density at radius 3 is 1.27 bits per heavy atom. The lowest BCUT2D eigenvalue weighted by Crippen LogP contribution is -2.16. The number of hydrogen-bond acceptors (Lipinski definition) is 8. The zero-order chi connectivity index (χ0) is 22.2. The zero-order valence-corrected chi connectivity index (χ0v) is 18.4. The SMILES string of the molecule is CC(C)C(=O)OCCOCCOc1ccc(OCCOCCOC(=O)C(C)C)cc1. The van der Waals surface area contributed by atoms with Crippen LogP contribution in [0.5, 0.6) is 11.5 Å². The zero-order valence-electron chi connectivity index (χ0n) is 18.4. The second-order valence-electron chi connectivity index (χ2n) is 7.04. The highest BCUT2D eigenvalue weighted by atomic mass is 16.6. The van der Waals surface area contributed by atoms with E-state index < -0.39 is 0 Å². The highest BCUT2D eigenvalue weighted by Gasteiger charge is 2.08. The molecule has 170 valence electrons. The Morgan fingerprint density at radius 1 is 0.600 bits per heavy atom. The van der Waals surface area contributed by atoms with Gasteiger partial charge in [0.2, 0.25) is 0 Å². The van der Waals surface area contributed by atoms with Gasteiger partial charge in [-0.25, -0.2) is 0 Å². The van der Waals surface area contributed by atoms with Crippen LogP contribution in [0.25, 0.3) is 0 Å². The van der Waals surface area contributed by atoms with Gasteiger partial charge in [0, 0.05) is 0 Å². The van der Waals surface area contributed by atoms with Crippen molar-refractivity contribution in [3.8, 4) is 11.5 Å². The molecule has 0 aliphatic carbocycles. The van der Waals surface area contributed by atoms with E-state index in [1.165, 1.54) is 0 Å². The van der Waals surface area contributed by atoms with Crippen LogP contribution in [0.3, 0.4) is 0 Å². The number of ether oxygens (including phenoxy) is 6. The molecule has 1 aromatic rings. The van der Waals surface area contributed by atoms with Crippen LogP contribution in [0.1, 0.15) is 27.7 Å². The van der Waals surface area contributed by atoms with E-state index in [0.29, 0.717) is 51.1 Å². The molecule has 0 saturated carbocycles. The maximum Gasteiger partial charge on any atom is 0.308 e. The van der Waals surface area contributed by atoms with Crippen molar-refractivity contribution >= 4 is 11.9 Å². The van der Waals surface area contributed by atoms with Crippen LogP contribution in [-0.2, 0) is 28.5 Å². The van der Waals surface area contributed by atoms with Crippen molar-refractivity contribution in [2.45, 2.75) is 27.7 Å². The van der Waals surface area contributed by atoms with Crippen LogP contribution in [0.4, 0.5) is 0 Å². The molecule has 1 rings (SSSR count). The van der Waals surface area contributed by atoms with E-state index in [9.17, 15) is 9.59 Å². The molecule has 8 heteroatoms. The lowest BCUT2D eigenvalue weighted by molar-refractivity contribution is -0.149. The van der Waals surface area contributed by atoms with Crippen LogP contribution in [-0.4, -0.2) is 64.8 Å². The quantitative estimate of drug-likeness (QED) is 0.294. The lowest BCUT2D eigenvalue weighted by atomic mass is 10.2. The molecule has 0 aliphatic heterocycles. The third kappa shape index (κ3) is 12.3. The maximum atomic E-state index is 11.3. The Balaban J connectivity index is 2.02. The molecule has 0 fully saturated rings. The molecule has 30 heavy (non-hydrogen) atoms. The number of rotatable bonds is 16. The van der Waals surface area contributed by atoms with Gasteiger partial charge in [-0.05, 0) is 24.3 Å². The predicted octanol–water partition coefficient (Wildman–Crippen LogP) is 2.88. The van der Waals surface area contributed by atoms with E-state index in [1.54, 1.807) is 27.7 Å². The normalized spacial score (nSPS) is 10.9. The first-order chi connectivity index (χ1) is 14.4. The molecule has 1 aromatic carbocycles. The van der Waals surface area contributed by atoms with Gasteiger partial charge in [-0.15, -0.1) is 0 Å². The molecule has 0 N–H and O–H groups in total. The molecule has 0 heterocycles. The Hall–Kier alpha value is -2.32. The fraction of sp³-hybridized carbons (Fsp3) is 0.636. The second kappa shape index (κ2) is 15.5. The summed E-state index contributed by atoms with van der Waals surface area (Å²) in [7, 11) is 0. The van der Waals surface area contributed by atoms with Gasteiger partial charge >= 0.3 is 11.9 Å². The Labute approximate surface area is 178 Å². The summed E-state index contributed by atoms with van der Waals surface area (Å²) in [5.74, 6) is 0.704. The van der Waals surface area contributed by atoms with Crippen LogP contribution in [0.15, 0.2) is 24.3 Å². The van der Waals surface area contributed by atoms with Crippen molar-refractivity contribution < 1.29 is 38.0 Å². The number of carbonyl (C=O) groups excluding carboxylic acids is 2. The Kier molecular flexibility index (Phi) is 13.3. The molecular weight excluding hydrogens is 392 g/mol. The van der Waals surface area contributed by atoms with Crippen LogP contribution in [0, 0.1) is 11.8 Å². The number of hydrogen-bond donors (Lipinski definition) is 0. The minimum Gasteiger partial charge on any atom is -0.491 e. The molecule has 0 amide bonds. The van der Waals surface area contributed by atoms with E-state index in [4.69, 9.17) is 28.4 Å². The highest BCUT2D eigenvalue weighted by Crippen LogP contribution is 2.17. The molecule has 0 aromatic heterocycles. The van der Waals surface area contributed by atoms with Crippen LogP contribution >= 0.6 is 0 Å². The van der Waals surface area contributed by atoms with Gasteiger partial charge in [-0.2, -0.15) is 0 Å². The summed E-state index contributed by atoms with van der Waals surface area (Å²) >= 11 is 0. The van der Waals surface area contributed by atoms with E-state index in [0.717, 1.165) is 0 Å². The van der Waals surface area contributed by atoms with Crippen molar-refractivity contribution in [1.29, 1.82) is 0 Å². The van der Waals surface area contributed by atoms with Gasteiger partial charge in [-0.3, -0.25) is 9.59 Å². The summed E-state index contributed by atoms with van der Waals surface area (Å²) in [5.41, 5.74) is 0. The number of carbonyl (C=O) groups is 2. The van der Waals surface area contributed by atoms with Crippen molar-refractivity contribution in [2.75, 3.05) is 52.9 Å². The highest BCUT2D eigenvalue weighted by molar-refractivity contribution is 5.71. The number of benzene rings is 1. The minimum atomic E-state index is -0.226. The third-order valence-corrected chi connectivity index (χ3v) is 3.70. The third-order valence-electron chi connectivity index (χ3n) is 3.70. The molecule has 0 atom stereocenters. The first-order valence-corrected chi connectivity index (χ1v) is 10.2. The summed E-state index contributed by atoms with van der Waals surface area (Å²) in [6, 6.07) is 7.25. The molecule has 0 aliphatic rings. The monoisotopic (exact) mass is 426 g/mol. The van der Waals surface area contributed by atoms with Crippen molar-refractivity contribution in [2.24, 2.45) is 11.8 Å². The first-order valence-electron chi connectivity index (χ1n) is 10.2. The molecular formula is C22H34O8. The van der Waals surface area contributed by atoms with E-state index in [1.807, 2.05) is 24.3 Å². The maximum absolute atomic E-state index is 11.3. The predicted molar refractivity (Wildman–Crippen MR) is 111 cm³/mol. The summed E-state index contributed by atoms with van der Waals surface area (Å²) < 4.78 is 31.9. The summed E-state index contributed by atoms with van der Waals surface area (Å²) in [6.07, 6.45) is 0. The fourth-order valence-corrected chi connectivity index (χ4v) is 2.01. The summed E-state index contributed by atoms with van der Waals surface area (Å²) in [5, 5.41) is 0. The second-order valence-corrected chi connectivity index (χ2v) is 7.04. The van der Waals surface area contributed by atoms with E-state index in [2.05, 4.69) is 0 Å². The molecule has 0 unspecified atom stereocenters. The van der Waals surface area contributed by atoms with Gasteiger partial charge in [0.05, 0.1) is 38.3 Å². The number of esters is 2. The van der Waals surface area contributed by atoms with Gasteiger partial charge in [0.25, 0.3) is 0 Å². The largest absolute Gasteiger partial charge is 0.491 e. The first kappa shape index (κ1) is 25.7. The van der Waals surface area contributed by atoms with Crippen molar-refractivity contribution in [1.82, 2.24) is 0 Å². The molecule has 0 radical (unpaired) electrons. The van der Waals surface area contributed by atoms with Crippen molar-refractivity contribution in [3.05, 3.63) is 24.3 Å². The fourth-order valence-electron chi connectivity index (χ4n) is 2.01. The van der Waals surface area contributed by atoms with Gasteiger partial charge < -0.3 is 28.4 Å². The molecule has 0 spiro atoms. The lowest BCUT2D eigenvalue weighted by Gasteiger charge is -2.10. The van der Waals surface area contributed by atoms with Gasteiger partial charge in [-0.1, -0.05) is 27.7 Å². The van der Waals surface area contributed by atoms with Gasteiger partial charge in [0.15, 0.2) is 0 Å². The van der Waals surface area contributed by atoms with E-state index in [-0.39, 0.29) is 37.0 Å². The van der Waals surface area contributed by atoms with Crippen LogP contribution < -0.4 is 9.47 Å². The van der Waals surface area contributed by atoms with Crippen LogP contribution in [0.2, 0.25) is 0 Å². The minimum absolute atomic E-state index is 0.131. The molecule has 8 nitrogen and oxygen atoms in total. The van der Waals surface area contributed by atoms with E-state index >= 15 is 0 Å². The molecule has 0 saturated heterocycles. The Morgan fingerprint density at radius 2 is 0.933 bits per heavy atom. The summed E-state index contributed by atoms with van der Waals surface area (Å²) in [6.45, 7) is 9.93.